The summed E-state index contributed by atoms with van der Waals surface area (Å²) in [7, 11) is 0. The van der Waals surface area contributed by atoms with Gasteiger partial charge >= 0.3 is 5.97 Å². The molecule has 0 atom stereocenters. The summed E-state index contributed by atoms with van der Waals surface area (Å²) < 4.78 is 5.76. The van der Waals surface area contributed by atoms with Gasteiger partial charge in [0, 0.05) is 12.1 Å². The number of hydrogen-bond acceptors (Lipinski definition) is 3. The first kappa shape index (κ1) is 15.4. The molecular formula is C16H16ClNO3. The quantitative estimate of drug-likeness (QED) is 0.860. The van der Waals surface area contributed by atoms with Crippen molar-refractivity contribution in [3.8, 4) is 5.75 Å². The van der Waals surface area contributed by atoms with E-state index in [4.69, 9.17) is 27.2 Å². The molecule has 0 fully saturated rings. The molecule has 0 aliphatic heterocycles. The lowest BCUT2D eigenvalue weighted by Gasteiger charge is -2.14. The fraction of sp³-hybridized carbons (Fsp3) is 0.188. The first-order chi connectivity index (χ1) is 10.1. The van der Waals surface area contributed by atoms with Crippen molar-refractivity contribution in [2.24, 2.45) is 5.73 Å². The molecule has 0 aliphatic carbocycles. The van der Waals surface area contributed by atoms with Crippen molar-refractivity contribution < 1.29 is 14.6 Å². The van der Waals surface area contributed by atoms with Crippen LogP contribution in [-0.4, -0.2) is 11.1 Å². The van der Waals surface area contributed by atoms with Gasteiger partial charge in [0.05, 0.1) is 11.4 Å². The second-order valence-corrected chi connectivity index (χ2v) is 4.97. The Kier molecular flexibility index (Phi) is 5.20. The molecule has 0 radical (unpaired) electrons. The highest BCUT2D eigenvalue weighted by atomic mass is 35.5. The van der Waals surface area contributed by atoms with Crippen LogP contribution in [0.3, 0.4) is 0 Å². The van der Waals surface area contributed by atoms with E-state index in [2.05, 4.69) is 0 Å². The van der Waals surface area contributed by atoms with Crippen molar-refractivity contribution >= 4 is 17.6 Å². The van der Waals surface area contributed by atoms with Crippen molar-refractivity contribution in [1.82, 2.24) is 0 Å². The maximum Gasteiger partial charge on any atom is 0.307 e. The van der Waals surface area contributed by atoms with E-state index in [0.29, 0.717) is 17.3 Å². The summed E-state index contributed by atoms with van der Waals surface area (Å²) in [4.78, 5) is 10.9. The normalized spacial score (nSPS) is 10.4. The number of nitrogens with two attached hydrogens (primary N) is 1. The minimum atomic E-state index is -0.872. The summed E-state index contributed by atoms with van der Waals surface area (Å²) in [6.45, 7) is 0.576. The van der Waals surface area contributed by atoms with Crippen LogP contribution in [0.25, 0.3) is 0 Å². The standard InChI is InChI=1S/C16H16ClNO3/c17-14-7-3-6-12(9-18)16(14)21-10-13-5-2-1-4-11(13)8-15(19)20/h1-7H,8-10,18H2,(H,19,20). The zero-order chi connectivity index (χ0) is 15.2. The van der Waals surface area contributed by atoms with Crippen molar-refractivity contribution in [2.45, 2.75) is 19.6 Å². The van der Waals surface area contributed by atoms with Gasteiger partial charge < -0.3 is 15.6 Å². The van der Waals surface area contributed by atoms with Gasteiger partial charge in [-0.15, -0.1) is 0 Å². The van der Waals surface area contributed by atoms with Gasteiger partial charge in [0.2, 0.25) is 0 Å². The molecule has 2 aromatic rings. The van der Waals surface area contributed by atoms with E-state index in [1.807, 2.05) is 30.3 Å². The summed E-state index contributed by atoms with van der Waals surface area (Å²) in [6, 6.07) is 12.7. The molecule has 110 valence electrons. The molecule has 4 nitrogen and oxygen atoms in total. The van der Waals surface area contributed by atoms with E-state index < -0.39 is 5.97 Å². The molecule has 0 saturated heterocycles. The predicted molar refractivity (Wildman–Crippen MR) is 81.5 cm³/mol. The number of para-hydroxylation sites is 1. The lowest BCUT2D eigenvalue weighted by atomic mass is 10.1. The van der Waals surface area contributed by atoms with Crippen molar-refractivity contribution in [3.63, 3.8) is 0 Å². The first-order valence-corrected chi connectivity index (χ1v) is 6.88. The second-order valence-electron chi connectivity index (χ2n) is 4.56. The van der Waals surface area contributed by atoms with Crippen LogP contribution in [0.1, 0.15) is 16.7 Å². The molecule has 0 unspecified atom stereocenters. The van der Waals surface area contributed by atoms with Gasteiger partial charge in [-0.1, -0.05) is 48.0 Å². The van der Waals surface area contributed by atoms with Crippen LogP contribution >= 0.6 is 11.6 Å². The highest BCUT2D eigenvalue weighted by Crippen LogP contribution is 2.29. The molecule has 0 bridgehead atoms. The van der Waals surface area contributed by atoms with Gasteiger partial charge in [-0.05, 0) is 17.2 Å². The summed E-state index contributed by atoms with van der Waals surface area (Å²) in [5, 5.41) is 9.42. The number of carboxylic acid groups (broad SMARTS) is 1. The van der Waals surface area contributed by atoms with E-state index in [1.165, 1.54) is 0 Å². The molecule has 3 N–H and O–H groups in total. The molecule has 0 spiro atoms. The number of ether oxygens (including phenoxy) is 1. The Balaban J connectivity index is 2.19. The molecule has 0 amide bonds. The smallest absolute Gasteiger partial charge is 0.307 e. The number of halogens is 1. The van der Waals surface area contributed by atoms with Crippen LogP contribution in [0.15, 0.2) is 42.5 Å². The van der Waals surface area contributed by atoms with Crippen LogP contribution in [-0.2, 0) is 24.4 Å². The monoisotopic (exact) mass is 305 g/mol. The first-order valence-electron chi connectivity index (χ1n) is 6.50. The fourth-order valence-corrected chi connectivity index (χ4v) is 2.31. The largest absolute Gasteiger partial charge is 0.487 e. The Morgan fingerprint density at radius 3 is 2.43 bits per heavy atom. The maximum absolute atomic E-state index is 10.9. The Morgan fingerprint density at radius 2 is 1.76 bits per heavy atom. The van der Waals surface area contributed by atoms with E-state index >= 15 is 0 Å². The second kappa shape index (κ2) is 7.11. The van der Waals surface area contributed by atoms with E-state index in [0.717, 1.165) is 16.7 Å². The average molecular weight is 306 g/mol. The third-order valence-electron chi connectivity index (χ3n) is 3.10. The summed E-state index contributed by atoms with van der Waals surface area (Å²) in [5.74, 6) is -0.324. The average Bonchev–Trinajstić information content (AvgIpc) is 2.46. The molecular weight excluding hydrogens is 290 g/mol. The zero-order valence-electron chi connectivity index (χ0n) is 11.4. The lowest BCUT2D eigenvalue weighted by molar-refractivity contribution is -0.136. The molecule has 0 heterocycles. The van der Waals surface area contributed by atoms with E-state index in [9.17, 15) is 4.79 Å². The molecule has 2 aromatic carbocycles. The molecule has 21 heavy (non-hydrogen) atoms. The minimum absolute atomic E-state index is 0.0359. The lowest BCUT2D eigenvalue weighted by Crippen LogP contribution is -2.07. The third kappa shape index (κ3) is 3.97. The Morgan fingerprint density at radius 1 is 1.10 bits per heavy atom. The van der Waals surface area contributed by atoms with Gasteiger partial charge in [-0.25, -0.2) is 0 Å². The van der Waals surface area contributed by atoms with E-state index in [1.54, 1.807) is 12.1 Å². The van der Waals surface area contributed by atoms with Crippen LogP contribution in [0.4, 0.5) is 0 Å². The van der Waals surface area contributed by atoms with Gasteiger partial charge in [0.1, 0.15) is 12.4 Å². The van der Waals surface area contributed by atoms with Crippen LogP contribution in [0.2, 0.25) is 5.02 Å². The topological polar surface area (TPSA) is 72.5 Å². The number of benzene rings is 2. The summed E-state index contributed by atoms with van der Waals surface area (Å²) in [6.07, 6.45) is -0.0359. The Hall–Kier alpha value is -2.04. The van der Waals surface area contributed by atoms with Crippen molar-refractivity contribution in [1.29, 1.82) is 0 Å². The van der Waals surface area contributed by atoms with Crippen LogP contribution in [0.5, 0.6) is 5.75 Å². The number of rotatable bonds is 6. The molecule has 5 heteroatoms. The minimum Gasteiger partial charge on any atom is -0.487 e. The third-order valence-corrected chi connectivity index (χ3v) is 3.40. The maximum atomic E-state index is 10.9. The molecule has 0 saturated carbocycles. The fourth-order valence-electron chi connectivity index (χ4n) is 2.06. The highest BCUT2D eigenvalue weighted by Gasteiger charge is 2.10. The van der Waals surface area contributed by atoms with Gasteiger partial charge in [0.15, 0.2) is 0 Å². The SMILES string of the molecule is NCc1cccc(Cl)c1OCc1ccccc1CC(=O)O. The van der Waals surface area contributed by atoms with Gasteiger partial charge in [0.25, 0.3) is 0 Å². The number of carboxylic acids is 1. The summed E-state index contributed by atoms with van der Waals surface area (Å²) >= 11 is 6.12. The molecule has 0 aliphatic rings. The van der Waals surface area contributed by atoms with Crippen molar-refractivity contribution in [2.75, 3.05) is 0 Å². The highest BCUT2D eigenvalue weighted by molar-refractivity contribution is 6.32. The predicted octanol–water partition coefficient (Wildman–Crippen LogP) is 3.00. The number of hydrogen-bond donors (Lipinski definition) is 2. The number of carbonyl (C=O) groups is 1. The summed E-state index contributed by atoms with van der Waals surface area (Å²) in [5.41, 5.74) is 8.04. The van der Waals surface area contributed by atoms with Gasteiger partial charge in [-0.2, -0.15) is 0 Å². The molecule has 0 aromatic heterocycles. The zero-order valence-corrected chi connectivity index (χ0v) is 12.1. The van der Waals surface area contributed by atoms with E-state index in [-0.39, 0.29) is 13.0 Å². The van der Waals surface area contributed by atoms with Crippen molar-refractivity contribution in [3.05, 3.63) is 64.2 Å². The molecule has 2 rings (SSSR count). The van der Waals surface area contributed by atoms with Crippen LogP contribution in [0, 0.1) is 0 Å². The number of aliphatic carboxylic acids is 1. The Labute approximate surface area is 128 Å². The Bertz CT molecular complexity index is 643. The van der Waals surface area contributed by atoms with Crippen LogP contribution < -0.4 is 10.5 Å². The van der Waals surface area contributed by atoms with Gasteiger partial charge in [-0.3, -0.25) is 4.79 Å².